The third-order valence-corrected chi connectivity index (χ3v) is 11.1. The molecule has 7 atom stereocenters. The van der Waals surface area contributed by atoms with E-state index in [4.69, 9.17) is 4.74 Å². The van der Waals surface area contributed by atoms with Crippen LogP contribution in [0.15, 0.2) is 24.3 Å². The molecule has 1 spiro atoms. The Bertz CT molecular complexity index is 1010. The van der Waals surface area contributed by atoms with Crippen molar-refractivity contribution < 1.29 is 24.2 Å². The SMILES string of the molecule is CCCCNC(=O)C1N([C@@H](CO)C(C)C)C(=O)[C@@H]2[C@H](C(=O)Nc3ccc(OCC)cc3)[C@H]3SC12CC3Br. The largest absolute Gasteiger partial charge is 0.494 e. The van der Waals surface area contributed by atoms with Crippen LogP contribution in [0.25, 0.3) is 0 Å². The lowest BCUT2D eigenvalue weighted by molar-refractivity contribution is -0.143. The first kappa shape index (κ1) is 28.2. The highest BCUT2D eigenvalue weighted by molar-refractivity contribution is 9.09. The van der Waals surface area contributed by atoms with Gasteiger partial charge in [0, 0.05) is 22.3 Å². The van der Waals surface area contributed by atoms with Crippen molar-refractivity contribution in [3.05, 3.63) is 24.3 Å². The minimum absolute atomic E-state index is 0.00449. The van der Waals surface area contributed by atoms with Crippen LogP contribution in [0.4, 0.5) is 5.69 Å². The van der Waals surface area contributed by atoms with E-state index in [1.54, 1.807) is 40.9 Å². The number of anilines is 1. The number of fused-ring (bicyclic) bond motifs is 1. The predicted octanol–water partition coefficient (Wildman–Crippen LogP) is 3.42. The first-order valence-corrected chi connectivity index (χ1v) is 15.1. The summed E-state index contributed by atoms with van der Waals surface area (Å²) in [6, 6.07) is 5.95. The topological polar surface area (TPSA) is 108 Å². The highest BCUT2D eigenvalue weighted by atomic mass is 79.9. The molecule has 0 aromatic heterocycles. The molecule has 10 heteroatoms. The molecule has 1 aromatic rings. The van der Waals surface area contributed by atoms with Gasteiger partial charge in [0.2, 0.25) is 17.7 Å². The number of unbranched alkanes of at least 4 members (excludes halogenated alkanes) is 1. The van der Waals surface area contributed by atoms with Crippen molar-refractivity contribution in [2.75, 3.05) is 25.1 Å². The van der Waals surface area contributed by atoms with Crippen LogP contribution in [0.2, 0.25) is 0 Å². The van der Waals surface area contributed by atoms with Gasteiger partial charge in [-0.1, -0.05) is 43.1 Å². The quantitative estimate of drug-likeness (QED) is 0.267. The molecule has 204 valence electrons. The van der Waals surface area contributed by atoms with E-state index < -0.39 is 28.7 Å². The normalized spacial score (nSPS) is 30.9. The van der Waals surface area contributed by atoms with Crippen molar-refractivity contribution in [3.8, 4) is 5.75 Å². The molecular weight excluding hydrogens is 558 g/mol. The number of ether oxygens (including phenoxy) is 1. The van der Waals surface area contributed by atoms with Crippen LogP contribution in [-0.4, -0.2) is 74.4 Å². The highest BCUT2D eigenvalue weighted by Crippen LogP contribution is 2.68. The molecule has 3 saturated heterocycles. The average Bonchev–Trinajstić information content (AvgIpc) is 3.45. The van der Waals surface area contributed by atoms with Gasteiger partial charge in [-0.2, -0.15) is 0 Å². The number of thioether (sulfide) groups is 1. The number of likely N-dealkylation sites (tertiary alicyclic amines) is 1. The third kappa shape index (κ3) is 5.01. The molecule has 3 fully saturated rings. The van der Waals surface area contributed by atoms with Gasteiger partial charge in [-0.3, -0.25) is 14.4 Å². The number of carbonyl (C=O) groups is 3. The summed E-state index contributed by atoms with van der Waals surface area (Å²) >= 11 is 5.39. The number of nitrogens with zero attached hydrogens (tertiary/aromatic N) is 1. The van der Waals surface area contributed by atoms with E-state index in [0.29, 0.717) is 25.3 Å². The Morgan fingerprint density at radius 1 is 1.24 bits per heavy atom. The molecule has 4 rings (SSSR count). The fourth-order valence-electron chi connectivity index (χ4n) is 6.16. The van der Waals surface area contributed by atoms with E-state index in [2.05, 4.69) is 33.5 Å². The van der Waals surface area contributed by atoms with Crippen LogP contribution >= 0.6 is 27.7 Å². The van der Waals surface area contributed by atoms with Crippen LogP contribution in [0, 0.1) is 17.8 Å². The number of halogens is 1. The van der Waals surface area contributed by atoms with Crippen LogP contribution in [0.5, 0.6) is 5.75 Å². The second-order valence-corrected chi connectivity index (χ2v) is 13.2. The highest BCUT2D eigenvalue weighted by Gasteiger charge is 2.76. The fraction of sp³-hybridized carbons (Fsp3) is 0.667. The molecule has 3 N–H and O–H groups in total. The zero-order chi connectivity index (χ0) is 26.9. The lowest BCUT2D eigenvalue weighted by Gasteiger charge is -2.38. The zero-order valence-corrected chi connectivity index (χ0v) is 24.3. The van der Waals surface area contributed by atoms with Crippen molar-refractivity contribution in [1.29, 1.82) is 0 Å². The Morgan fingerprint density at radius 3 is 2.54 bits per heavy atom. The average molecular weight is 597 g/mol. The van der Waals surface area contributed by atoms with Crippen LogP contribution in [-0.2, 0) is 14.4 Å². The second kappa shape index (κ2) is 11.5. The summed E-state index contributed by atoms with van der Waals surface area (Å²) in [5.74, 6) is -1.17. The number of aliphatic hydroxyl groups is 1. The molecule has 0 radical (unpaired) electrons. The number of hydrogen-bond donors (Lipinski definition) is 3. The van der Waals surface area contributed by atoms with Gasteiger partial charge in [-0.25, -0.2) is 0 Å². The second-order valence-electron chi connectivity index (χ2n) is 10.5. The number of alkyl halides is 1. The Balaban J connectivity index is 1.67. The number of benzene rings is 1. The van der Waals surface area contributed by atoms with Gasteiger partial charge in [0.1, 0.15) is 11.8 Å². The van der Waals surface area contributed by atoms with Crippen molar-refractivity contribution in [3.63, 3.8) is 0 Å². The Labute approximate surface area is 231 Å². The van der Waals surface area contributed by atoms with Gasteiger partial charge >= 0.3 is 0 Å². The maximum absolute atomic E-state index is 14.1. The van der Waals surface area contributed by atoms with E-state index in [0.717, 1.165) is 18.6 Å². The summed E-state index contributed by atoms with van der Waals surface area (Å²) in [7, 11) is 0. The van der Waals surface area contributed by atoms with Gasteiger partial charge in [-0.05, 0) is 49.9 Å². The van der Waals surface area contributed by atoms with Gasteiger partial charge in [-0.15, -0.1) is 11.8 Å². The van der Waals surface area contributed by atoms with Gasteiger partial charge in [0.15, 0.2) is 0 Å². The van der Waals surface area contributed by atoms with E-state index in [9.17, 15) is 19.5 Å². The smallest absolute Gasteiger partial charge is 0.244 e. The number of hydrogen-bond acceptors (Lipinski definition) is 6. The molecule has 0 saturated carbocycles. The predicted molar refractivity (Wildman–Crippen MR) is 149 cm³/mol. The van der Waals surface area contributed by atoms with Crippen molar-refractivity contribution >= 4 is 51.1 Å². The third-order valence-electron chi connectivity index (χ3n) is 7.85. The Morgan fingerprint density at radius 2 is 1.95 bits per heavy atom. The number of amides is 3. The van der Waals surface area contributed by atoms with E-state index in [1.807, 2.05) is 20.8 Å². The zero-order valence-electron chi connectivity index (χ0n) is 21.9. The van der Waals surface area contributed by atoms with Crippen LogP contribution in [0.3, 0.4) is 0 Å². The molecule has 3 unspecified atom stereocenters. The first-order chi connectivity index (χ1) is 17.7. The molecule has 3 amide bonds. The minimum atomic E-state index is -0.736. The maximum atomic E-state index is 14.1. The molecule has 37 heavy (non-hydrogen) atoms. The Hall–Kier alpha value is -1.78. The van der Waals surface area contributed by atoms with E-state index >= 15 is 0 Å². The summed E-state index contributed by atoms with van der Waals surface area (Å²) in [4.78, 5) is 43.1. The van der Waals surface area contributed by atoms with Crippen LogP contribution < -0.4 is 15.4 Å². The maximum Gasteiger partial charge on any atom is 0.244 e. The van der Waals surface area contributed by atoms with E-state index in [1.165, 1.54) is 0 Å². The molecular formula is C27H38BrN3O5S. The van der Waals surface area contributed by atoms with Gasteiger partial charge in [0.25, 0.3) is 0 Å². The molecule has 1 aromatic carbocycles. The standard InChI is InChI=1S/C27H38BrN3O5S/c1-5-7-12-29-25(34)23-27-13-18(28)22(37-27)20(21(27)26(35)31(23)19(14-32)15(3)4)24(33)30-16-8-10-17(11-9-16)36-6-2/h8-11,15,18-23,32H,5-7,12-14H2,1-4H3,(H,29,34)(H,30,33)/t18?,19-,20-,21-,22-,23?,27?/m0/s1. The van der Waals surface area contributed by atoms with Crippen molar-refractivity contribution in [2.45, 2.75) is 73.9 Å². The monoisotopic (exact) mass is 595 g/mol. The number of aliphatic hydroxyl groups excluding tert-OH is 1. The molecule has 3 heterocycles. The number of rotatable bonds is 11. The first-order valence-electron chi connectivity index (χ1n) is 13.3. The van der Waals surface area contributed by atoms with Gasteiger partial charge < -0.3 is 25.4 Å². The lowest BCUT2D eigenvalue weighted by Crippen LogP contribution is -2.58. The summed E-state index contributed by atoms with van der Waals surface area (Å²) in [5.41, 5.74) is 0.632. The van der Waals surface area contributed by atoms with Crippen molar-refractivity contribution in [1.82, 2.24) is 10.2 Å². The van der Waals surface area contributed by atoms with Gasteiger partial charge in [0.05, 0.1) is 35.8 Å². The minimum Gasteiger partial charge on any atom is -0.494 e. The number of nitrogens with one attached hydrogen (secondary N) is 2. The summed E-state index contributed by atoms with van der Waals surface area (Å²) in [6.45, 7) is 8.71. The van der Waals surface area contributed by atoms with Crippen molar-refractivity contribution in [2.24, 2.45) is 17.8 Å². The summed E-state index contributed by atoms with van der Waals surface area (Å²) in [5, 5.41) is 16.2. The Kier molecular flexibility index (Phi) is 8.80. The molecule has 3 aliphatic rings. The number of carbonyl (C=O) groups excluding carboxylic acids is 3. The fourth-order valence-corrected chi connectivity index (χ4v) is 9.76. The molecule has 2 bridgehead atoms. The van der Waals surface area contributed by atoms with E-state index in [-0.39, 0.29) is 40.3 Å². The lowest BCUT2D eigenvalue weighted by atomic mass is 9.70. The molecule has 8 nitrogen and oxygen atoms in total. The summed E-state index contributed by atoms with van der Waals surface area (Å²) < 4.78 is 4.77. The summed E-state index contributed by atoms with van der Waals surface area (Å²) in [6.07, 6.45) is 2.41. The van der Waals surface area contributed by atoms with Crippen LogP contribution in [0.1, 0.15) is 47.0 Å². The molecule has 0 aliphatic carbocycles. The molecule has 3 aliphatic heterocycles.